The van der Waals surface area contributed by atoms with Gasteiger partial charge in [-0.2, -0.15) is 0 Å². The van der Waals surface area contributed by atoms with Gasteiger partial charge in [0.15, 0.2) is 16.6 Å². The molecule has 1 aromatic heterocycles. The van der Waals surface area contributed by atoms with Gasteiger partial charge in [-0.1, -0.05) is 11.3 Å². The van der Waals surface area contributed by atoms with E-state index in [1.807, 2.05) is 6.92 Å². The van der Waals surface area contributed by atoms with Gasteiger partial charge in [0.05, 0.1) is 33.4 Å². The zero-order chi connectivity index (χ0) is 28.0. The molecule has 0 bridgehead atoms. The van der Waals surface area contributed by atoms with Gasteiger partial charge in [-0.3, -0.25) is 24.6 Å². The molecule has 1 fully saturated rings. The molecule has 40 heavy (non-hydrogen) atoms. The summed E-state index contributed by atoms with van der Waals surface area (Å²) in [5, 5.41) is 22.9. The monoisotopic (exact) mass is 559 g/mol. The van der Waals surface area contributed by atoms with Crippen LogP contribution in [0.2, 0.25) is 0 Å². The molecule has 11 nitrogen and oxygen atoms in total. The molecule has 0 aliphatic carbocycles. The summed E-state index contributed by atoms with van der Waals surface area (Å²) in [5.74, 6) is -0.681. The average Bonchev–Trinajstić information content (AvgIpc) is 3.50. The van der Waals surface area contributed by atoms with Gasteiger partial charge in [-0.05, 0) is 61.0 Å². The lowest BCUT2D eigenvalue weighted by Crippen LogP contribution is -2.29. The van der Waals surface area contributed by atoms with Crippen LogP contribution in [0.15, 0.2) is 66.2 Å². The van der Waals surface area contributed by atoms with E-state index in [1.165, 1.54) is 46.6 Å². The number of carbonyl (C=O) groups is 2. The third-order valence-corrected chi connectivity index (χ3v) is 7.56. The van der Waals surface area contributed by atoms with E-state index < -0.39 is 28.4 Å². The van der Waals surface area contributed by atoms with Gasteiger partial charge >= 0.3 is 5.91 Å². The normalized spacial score (nSPS) is 17.8. The number of aliphatic hydroxyl groups is 1. The number of carbonyl (C=O) groups excluding carboxylic acids is 2. The maximum Gasteiger partial charge on any atom is 0.301 e. The number of benzene rings is 3. The van der Waals surface area contributed by atoms with Crippen LogP contribution in [0, 0.1) is 10.1 Å². The average molecular weight is 560 g/mol. The van der Waals surface area contributed by atoms with E-state index in [-0.39, 0.29) is 22.0 Å². The van der Waals surface area contributed by atoms with Crippen LogP contribution in [0.5, 0.6) is 17.2 Å². The molecule has 1 unspecified atom stereocenters. The largest absolute Gasteiger partial charge is 0.507 e. The summed E-state index contributed by atoms with van der Waals surface area (Å²) in [6.45, 7) is 3.06. The number of thiazole rings is 1. The zero-order valence-electron chi connectivity index (χ0n) is 21.0. The van der Waals surface area contributed by atoms with E-state index in [2.05, 4.69) is 4.98 Å². The maximum absolute atomic E-state index is 13.5. The van der Waals surface area contributed by atoms with E-state index >= 15 is 0 Å². The highest BCUT2D eigenvalue weighted by Gasteiger charge is 2.48. The second-order valence-electron chi connectivity index (χ2n) is 8.94. The third-order valence-electron chi connectivity index (χ3n) is 6.55. The smallest absolute Gasteiger partial charge is 0.301 e. The van der Waals surface area contributed by atoms with Crippen LogP contribution in [0.1, 0.15) is 24.1 Å². The molecule has 6 rings (SSSR count). The summed E-state index contributed by atoms with van der Waals surface area (Å²) < 4.78 is 17.5. The molecule has 1 atom stereocenters. The number of aliphatic hydroxyl groups excluding tert-OH is 1. The summed E-state index contributed by atoms with van der Waals surface area (Å²) in [6, 6.07) is 14.4. The van der Waals surface area contributed by atoms with Crippen molar-refractivity contribution in [3.8, 4) is 17.2 Å². The second-order valence-corrected chi connectivity index (χ2v) is 9.94. The van der Waals surface area contributed by atoms with E-state index in [0.29, 0.717) is 48.1 Å². The van der Waals surface area contributed by atoms with Gasteiger partial charge in [-0.25, -0.2) is 4.98 Å². The quantitative estimate of drug-likeness (QED) is 0.114. The number of ketones is 1. The zero-order valence-corrected chi connectivity index (χ0v) is 21.8. The number of hydrogen-bond donors (Lipinski definition) is 1. The Morgan fingerprint density at radius 3 is 2.58 bits per heavy atom. The fourth-order valence-electron chi connectivity index (χ4n) is 4.72. The number of hydrogen-bond acceptors (Lipinski definition) is 10. The predicted octanol–water partition coefficient (Wildman–Crippen LogP) is 5.00. The minimum absolute atomic E-state index is 0.157. The van der Waals surface area contributed by atoms with E-state index in [1.54, 1.807) is 30.3 Å². The van der Waals surface area contributed by atoms with Crippen LogP contribution >= 0.6 is 11.3 Å². The third kappa shape index (κ3) is 4.28. The number of amides is 1. The van der Waals surface area contributed by atoms with Crippen molar-refractivity contribution in [3.05, 3.63) is 87.5 Å². The van der Waals surface area contributed by atoms with E-state index in [4.69, 9.17) is 14.2 Å². The predicted molar refractivity (Wildman–Crippen MR) is 146 cm³/mol. The van der Waals surface area contributed by atoms with Gasteiger partial charge in [0.2, 0.25) is 0 Å². The molecule has 1 N–H and O–H groups in total. The Kier molecular flexibility index (Phi) is 6.31. The lowest BCUT2D eigenvalue weighted by Gasteiger charge is -2.23. The highest BCUT2D eigenvalue weighted by Crippen LogP contribution is 2.45. The number of rotatable bonds is 6. The first-order valence-corrected chi connectivity index (χ1v) is 13.2. The molecule has 1 saturated heterocycles. The highest BCUT2D eigenvalue weighted by molar-refractivity contribution is 7.22. The number of anilines is 1. The lowest BCUT2D eigenvalue weighted by molar-refractivity contribution is -0.384. The molecule has 202 valence electrons. The van der Waals surface area contributed by atoms with Crippen molar-refractivity contribution in [2.24, 2.45) is 0 Å². The topological polar surface area (TPSA) is 141 Å². The Morgan fingerprint density at radius 1 is 1.10 bits per heavy atom. The van der Waals surface area contributed by atoms with Crippen molar-refractivity contribution < 1.29 is 33.8 Å². The van der Waals surface area contributed by atoms with Crippen LogP contribution in [0.25, 0.3) is 16.0 Å². The number of Topliss-reactive ketones (excluding diaryl/α,β-unsaturated/α-hetero) is 1. The Morgan fingerprint density at radius 2 is 1.85 bits per heavy atom. The van der Waals surface area contributed by atoms with Crippen LogP contribution in [0.3, 0.4) is 0 Å². The fraction of sp³-hybridized carbons (Fsp3) is 0.179. The molecule has 12 heteroatoms. The number of nitrogens with zero attached hydrogens (tertiary/aromatic N) is 3. The lowest BCUT2D eigenvalue weighted by atomic mass is 9.95. The summed E-state index contributed by atoms with van der Waals surface area (Å²) in [5.41, 5.74) is 0.901. The Bertz CT molecular complexity index is 1710. The van der Waals surface area contributed by atoms with Crippen LogP contribution in [-0.4, -0.2) is 46.5 Å². The first kappa shape index (κ1) is 25.3. The fourth-order valence-corrected chi connectivity index (χ4v) is 5.74. The van der Waals surface area contributed by atoms with Crippen molar-refractivity contribution in [1.82, 2.24) is 4.98 Å². The number of nitro groups is 1. The van der Waals surface area contributed by atoms with E-state index in [0.717, 1.165) is 4.70 Å². The van der Waals surface area contributed by atoms with Crippen molar-refractivity contribution in [2.75, 3.05) is 24.7 Å². The van der Waals surface area contributed by atoms with Gasteiger partial charge in [0, 0.05) is 17.7 Å². The van der Waals surface area contributed by atoms with Crippen LogP contribution < -0.4 is 19.1 Å². The highest BCUT2D eigenvalue weighted by atomic mass is 32.1. The summed E-state index contributed by atoms with van der Waals surface area (Å²) in [6.07, 6.45) is 0. The number of aromatic nitrogens is 1. The summed E-state index contributed by atoms with van der Waals surface area (Å²) in [7, 11) is 0. The summed E-state index contributed by atoms with van der Waals surface area (Å²) in [4.78, 5) is 43.5. The molecule has 1 amide bonds. The van der Waals surface area contributed by atoms with Gasteiger partial charge in [0.25, 0.3) is 11.5 Å². The number of nitro benzene ring substituents is 1. The Hall–Kier alpha value is -4.97. The minimum Gasteiger partial charge on any atom is -0.507 e. The Labute approximate surface area is 231 Å². The number of fused-ring (bicyclic) bond motifs is 2. The molecule has 3 heterocycles. The van der Waals surface area contributed by atoms with Gasteiger partial charge < -0.3 is 19.3 Å². The summed E-state index contributed by atoms with van der Waals surface area (Å²) >= 11 is 1.19. The Balaban J connectivity index is 1.51. The van der Waals surface area contributed by atoms with Crippen molar-refractivity contribution in [1.29, 1.82) is 0 Å². The molecule has 0 spiro atoms. The minimum atomic E-state index is -1.10. The molecule has 0 radical (unpaired) electrons. The first-order valence-electron chi connectivity index (χ1n) is 12.3. The second kappa shape index (κ2) is 9.97. The molecule has 0 saturated carbocycles. The molecular formula is C28H21N3O8S. The van der Waals surface area contributed by atoms with Crippen molar-refractivity contribution >= 4 is 49.8 Å². The van der Waals surface area contributed by atoms with Crippen molar-refractivity contribution in [3.63, 3.8) is 0 Å². The number of non-ortho nitro benzene ring substituents is 1. The molecule has 4 aromatic rings. The molecular weight excluding hydrogens is 538 g/mol. The first-order chi connectivity index (χ1) is 19.4. The van der Waals surface area contributed by atoms with Gasteiger partial charge in [-0.15, -0.1) is 0 Å². The van der Waals surface area contributed by atoms with Crippen LogP contribution in [-0.2, 0) is 9.59 Å². The van der Waals surface area contributed by atoms with Crippen LogP contribution in [0.4, 0.5) is 10.8 Å². The van der Waals surface area contributed by atoms with Gasteiger partial charge in [0.1, 0.15) is 24.7 Å². The SMILES string of the molecule is CCOc1ccc2nc(N3C(=O)C(=O)/C(=C(/O)c4ccc5c(c4)OCCO5)C3c3ccc([N+](=O)[O-])cc3)sc2c1. The van der Waals surface area contributed by atoms with Crippen molar-refractivity contribution in [2.45, 2.75) is 13.0 Å². The standard InChI is InChI=1S/C28H21N3O8S/c1-2-37-18-8-9-19-22(14-18)40-28(29-19)30-24(15-3-6-17(7-4-15)31(35)36)23(26(33)27(30)34)25(32)16-5-10-20-21(13-16)39-12-11-38-20/h3-10,13-14,24,32H,2,11-12H2,1H3/b25-23+. The maximum atomic E-state index is 13.5. The number of ether oxygens (including phenoxy) is 3. The molecule has 2 aliphatic heterocycles. The molecule has 3 aromatic carbocycles. The van der Waals surface area contributed by atoms with E-state index in [9.17, 15) is 24.8 Å². The molecule has 2 aliphatic rings.